The Labute approximate surface area is 116 Å². The van der Waals surface area contributed by atoms with Crippen LogP contribution in [0, 0.1) is 6.92 Å². The van der Waals surface area contributed by atoms with E-state index in [4.69, 9.17) is 17.3 Å². The number of nitrogens with zero attached hydrogens (tertiary/aromatic N) is 2. The van der Waals surface area contributed by atoms with Gasteiger partial charge in [-0.25, -0.2) is 0 Å². The Morgan fingerprint density at radius 2 is 2.05 bits per heavy atom. The first-order valence-electron chi connectivity index (χ1n) is 6.09. The molecule has 3 rings (SSSR count). The molecule has 1 aromatic heterocycles. The van der Waals surface area contributed by atoms with Crippen LogP contribution < -0.4 is 5.73 Å². The lowest BCUT2D eigenvalue weighted by Crippen LogP contribution is -2.02. The van der Waals surface area contributed by atoms with Gasteiger partial charge in [0, 0.05) is 16.1 Å². The molecule has 3 nitrogen and oxygen atoms in total. The Hall–Kier alpha value is -2.00. The van der Waals surface area contributed by atoms with E-state index in [1.807, 2.05) is 48.1 Å². The second-order valence-electron chi connectivity index (χ2n) is 4.72. The van der Waals surface area contributed by atoms with Gasteiger partial charge >= 0.3 is 0 Å². The summed E-state index contributed by atoms with van der Waals surface area (Å²) in [5.41, 5.74) is 9.80. The third-order valence-corrected chi connectivity index (χ3v) is 3.55. The summed E-state index contributed by atoms with van der Waals surface area (Å²) < 4.78 is 1.92. The monoisotopic (exact) mass is 271 g/mol. The number of hydrogen-bond acceptors (Lipinski definition) is 2. The molecule has 0 bridgehead atoms. The summed E-state index contributed by atoms with van der Waals surface area (Å²) in [5, 5.41) is 6.25. The van der Waals surface area contributed by atoms with Crippen LogP contribution in [0.25, 0.3) is 10.9 Å². The molecule has 0 aliphatic rings. The molecule has 0 aliphatic heterocycles. The summed E-state index contributed by atoms with van der Waals surface area (Å²) in [6, 6.07) is 11.9. The van der Waals surface area contributed by atoms with Crippen molar-refractivity contribution in [2.45, 2.75) is 13.5 Å². The van der Waals surface area contributed by atoms with Crippen LogP contribution in [-0.4, -0.2) is 9.78 Å². The van der Waals surface area contributed by atoms with E-state index >= 15 is 0 Å². The van der Waals surface area contributed by atoms with Crippen molar-refractivity contribution in [1.29, 1.82) is 0 Å². The smallest absolute Gasteiger partial charge is 0.0706 e. The predicted octanol–water partition coefficient (Wildman–Crippen LogP) is 3.63. The SMILES string of the molecule is Cc1ccc(Cn2ncc3ccc(N)cc32)c(Cl)c1. The molecule has 3 aromatic rings. The molecule has 0 saturated heterocycles. The van der Waals surface area contributed by atoms with Crippen molar-refractivity contribution in [2.75, 3.05) is 5.73 Å². The maximum Gasteiger partial charge on any atom is 0.0706 e. The lowest BCUT2D eigenvalue weighted by atomic mass is 10.1. The minimum Gasteiger partial charge on any atom is -0.399 e. The zero-order valence-corrected chi connectivity index (χ0v) is 11.4. The number of hydrogen-bond donors (Lipinski definition) is 1. The maximum atomic E-state index is 6.26. The van der Waals surface area contributed by atoms with Gasteiger partial charge in [-0.2, -0.15) is 5.10 Å². The maximum absolute atomic E-state index is 6.26. The van der Waals surface area contributed by atoms with Crippen LogP contribution >= 0.6 is 11.6 Å². The van der Waals surface area contributed by atoms with Crippen molar-refractivity contribution < 1.29 is 0 Å². The van der Waals surface area contributed by atoms with E-state index in [0.29, 0.717) is 6.54 Å². The summed E-state index contributed by atoms with van der Waals surface area (Å²) >= 11 is 6.26. The molecule has 19 heavy (non-hydrogen) atoms. The highest BCUT2D eigenvalue weighted by atomic mass is 35.5. The van der Waals surface area contributed by atoms with Crippen molar-refractivity contribution in [1.82, 2.24) is 9.78 Å². The first-order valence-corrected chi connectivity index (χ1v) is 6.47. The highest BCUT2D eigenvalue weighted by Crippen LogP contribution is 2.22. The number of aromatic nitrogens is 2. The van der Waals surface area contributed by atoms with Crippen molar-refractivity contribution in [2.24, 2.45) is 0 Å². The van der Waals surface area contributed by atoms with Crippen LogP contribution in [0.15, 0.2) is 42.6 Å². The second-order valence-corrected chi connectivity index (χ2v) is 5.12. The van der Waals surface area contributed by atoms with Crippen LogP contribution in [0.1, 0.15) is 11.1 Å². The van der Waals surface area contributed by atoms with Crippen LogP contribution in [0.3, 0.4) is 0 Å². The van der Waals surface area contributed by atoms with E-state index in [1.165, 1.54) is 0 Å². The summed E-state index contributed by atoms with van der Waals surface area (Å²) in [7, 11) is 0. The van der Waals surface area contributed by atoms with Gasteiger partial charge in [-0.05, 0) is 42.3 Å². The van der Waals surface area contributed by atoms with E-state index in [2.05, 4.69) is 11.2 Å². The molecular formula is C15H14ClN3. The third kappa shape index (κ3) is 2.29. The largest absolute Gasteiger partial charge is 0.399 e. The molecule has 0 unspecified atom stereocenters. The molecule has 0 amide bonds. The van der Waals surface area contributed by atoms with E-state index in [1.54, 1.807) is 0 Å². The molecule has 2 N–H and O–H groups in total. The number of nitrogens with two attached hydrogens (primary N) is 1. The molecule has 0 atom stereocenters. The van der Waals surface area contributed by atoms with Crippen LogP contribution in [-0.2, 0) is 6.54 Å². The Morgan fingerprint density at radius 1 is 1.21 bits per heavy atom. The minimum atomic E-state index is 0.645. The standard InChI is InChI=1S/C15H14ClN3/c1-10-2-3-12(14(16)6-10)9-19-15-7-13(17)5-4-11(15)8-18-19/h2-8H,9,17H2,1H3. The van der Waals surface area contributed by atoms with Crippen LogP contribution in [0.2, 0.25) is 5.02 Å². The summed E-state index contributed by atoms with van der Waals surface area (Å²) in [6.45, 7) is 2.67. The molecule has 96 valence electrons. The predicted molar refractivity (Wildman–Crippen MR) is 79.4 cm³/mol. The summed E-state index contributed by atoms with van der Waals surface area (Å²) in [4.78, 5) is 0. The van der Waals surface area contributed by atoms with E-state index in [0.717, 1.165) is 32.7 Å². The second kappa shape index (κ2) is 4.59. The Morgan fingerprint density at radius 3 is 2.84 bits per heavy atom. The highest BCUT2D eigenvalue weighted by molar-refractivity contribution is 6.31. The lowest BCUT2D eigenvalue weighted by Gasteiger charge is -2.07. The molecule has 2 aromatic carbocycles. The number of anilines is 1. The Kier molecular flexibility index (Phi) is 2.91. The first-order chi connectivity index (χ1) is 9.13. The number of fused-ring (bicyclic) bond motifs is 1. The molecule has 0 saturated carbocycles. The number of aryl methyl sites for hydroxylation is 1. The summed E-state index contributed by atoms with van der Waals surface area (Å²) in [5.74, 6) is 0. The van der Waals surface area contributed by atoms with Gasteiger partial charge in [0.1, 0.15) is 0 Å². The fourth-order valence-electron chi connectivity index (χ4n) is 2.16. The highest BCUT2D eigenvalue weighted by Gasteiger charge is 2.06. The average Bonchev–Trinajstić information content (AvgIpc) is 2.75. The van der Waals surface area contributed by atoms with Gasteiger partial charge in [-0.15, -0.1) is 0 Å². The summed E-state index contributed by atoms with van der Waals surface area (Å²) in [6.07, 6.45) is 1.84. The van der Waals surface area contributed by atoms with Gasteiger partial charge < -0.3 is 5.73 Å². The van der Waals surface area contributed by atoms with Crippen LogP contribution in [0.4, 0.5) is 5.69 Å². The first kappa shape index (κ1) is 12.1. The van der Waals surface area contributed by atoms with E-state index in [9.17, 15) is 0 Å². The van der Waals surface area contributed by atoms with E-state index in [-0.39, 0.29) is 0 Å². The van der Waals surface area contributed by atoms with Gasteiger partial charge in [0.15, 0.2) is 0 Å². The fourth-order valence-corrected chi connectivity index (χ4v) is 2.45. The van der Waals surface area contributed by atoms with Gasteiger partial charge in [0.25, 0.3) is 0 Å². The Bertz CT molecular complexity index is 746. The molecule has 0 spiro atoms. The molecule has 0 fully saturated rings. The topological polar surface area (TPSA) is 43.8 Å². The van der Waals surface area contributed by atoms with Gasteiger partial charge in [-0.3, -0.25) is 4.68 Å². The van der Waals surface area contributed by atoms with Gasteiger partial charge in [-0.1, -0.05) is 23.7 Å². The normalized spacial score (nSPS) is 11.1. The fraction of sp³-hybridized carbons (Fsp3) is 0.133. The molecule has 1 heterocycles. The van der Waals surface area contributed by atoms with Crippen molar-refractivity contribution in [3.8, 4) is 0 Å². The average molecular weight is 272 g/mol. The van der Waals surface area contributed by atoms with Crippen LogP contribution in [0.5, 0.6) is 0 Å². The molecule has 4 heteroatoms. The minimum absolute atomic E-state index is 0.645. The zero-order valence-electron chi connectivity index (χ0n) is 10.6. The molecule has 0 radical (unpaired) electrons. The quantitative estimate of drug-likeness (QED) is 0.724. The molecular weight excluding hydrogens is 258 g/mol. The number of nitrogen functional groups attached to an aromatic ring is 1. The van der Waals surface area contributed by atoms with Gasteiger partial charge in [0.05, 0.1) is 18.3 Å². The lowest BCUT2D eigenvalue weighted by molar-refractivity contribution is 0.712. The van der Waals surface area contributed by atoms with Crippen molar-refractivity contribution in [3.05, 3.63) is 58.7 Å². The number of rotatable bonds is 2. The number of benzene rings is 2. The zero-order chi connectivity index (χ0) is 13.4. The van der Waals surface area contributed by atoms with Crippen molar-refractivity contribution in [3.63, 3.8) is 0 Å². The van der Waals surface area contributed by atoms with Crippen molar-refractivity contribution >= 4 is 28.2 Å². The number of halogens is 1. The third-order valence-electron chi connectivity index (χ3n) is 3.20. The van der Waals surface area contributed by atoms with E-state index < -0.39 is 0 Å². The molecule has 0 aliphatic carbocycles. The van der Waals surface area contributed by atoms with Gasteiger partial charge in [0.2, 0.25) is 0 Å². The Balaban J connectivity index is 2.03.